The van der Waals surface area contributed by atoms with Crippen molar-refractivity contribution in [3.05, 3.63) is 53.8 Å². The quantitative estimate of drug-likeness (QED) is 0.785. The molecule has 6 nitrogen and oxygen atoms in total. The second-order valence-corrected chi connectivity index (χ2v) is 6.96. The van der Waals surface area contributed by atoms with Crippen molar-refractivity contribution >= 4 is 17.2 Å². The smallest absolute Gasteiger partial charge is 0.273 e. The van der Waals surface area contributed by atoms with Gasteiger partial charge in [0.05, 0.1) is 11.9 Å². The van der Waals surface area contributed by atoms with Crippen LogP contribution in [-0.4, -0.2) is 51.2 Å². The standard InChI is InChI=1S/C18H19N5OS/c1-13-9-19-7-8-22(13)18(24)16-12-25-17(21-16)14-10-20-23(11-14)15-5-3-2-4-6-15/h2-6,10-13,19H,7-9H2,1H3/t13-/m0/s1. The fourth-order valence-electron chi connectivity index (χ4n) is 2.95. The van der Waals surface area contributed by atoms with Crippen molar-refractivity contribution in [2.75, 3.05) is 19.6 Å². The summed E-state index contributed by atoms with van der Waals surface area (Å²) in [5, 5.41) is 10.3. The number of carbonyl (C=O) groups excluding carboxylic acids is 1. The molecule has 0 aliphatic carbocycles. The van der Waals surface area contributed by atoms with Crippen LogP contribution in [0.1, 0.15) is 17.4 Å². The molecular formula is C18H19N5OS. The average Bonchev–Trinajstić information content (AvgIpc) is 3.32. The summed E-state index contributed by atoms with van der Waals surface area (Å²) in [6.45, 7) is 4.43. The lowest BCUT2D eigenvalue weighted by Crippen LogP contribution is -2.52. The molecule has 7 heteroatoms. The third kappa shape index (κ3) is 3.20. The second-order valence-electron chi connectivity index (χ2n) is 6.10. The fourth-order valence-corrected chi connectivity index (χ4v) is 3.72. The van der Waals surface area contributed by atoms with Crippen LogP contribution in [0, 0.1) is 0 Å². The van der Waals surface area contributed by atoms with Crippen molar-refractivity contribution < 1.29 is 4.79 Å². The van der Waals surface area contributed by atoms with Gasteiger partial charge in [-0.25, -0.2) is 9.67 Å². The Kier molecular flexibility index (Phi) is 4.33. The van der Waals surface area contributed by atoms with Crippen LogP contribution in [0.3, 0.4) is 0 Å². The summed E-state index contributed by atoms with van der Waals surface area (Å²) < 4.78 is 1.82. The van der Waals surface area contributed by atoms with Gasteiger partial charge in [-0.1, -0.05) is 18.2 Å². The van der Waals surface area contributed by atoms with Gasteiger partial charge >= 0.3 is 0 Å². The summed E-state index contributed by atoms with van der Waals surface area (Å²) in [6.07, 6.45) is 3.73. The average molecular weight is 353 g/mol. The molecule has 25 heavy (non-hydrogen) atoms. The van der Waals surface area contributed by atoms with Crippen molar-refractivity contribution in [3.63, 3.8) is 0 Å². The number of hydrogen-bond acceptors (Lipinski definition) is 5. The molecule has 0 spiro atoms. The first-order valence-corrected chi connectivity index (χ1v) is 9.18. The topological polar surface area (TPSA) is 63.1 Å². The summed E-state index contributed by atoms with van der Waals surface area (Å²) in [5.74, 6) is 0.00644. The summed E-state index contributed by atoms with van der Waals surface area (Å²) in [7, 11) is 0. The number of rotatable bonds is 3. The molecule has 3 aromatic rings. The van der Waals surface area contributed by atoms with Crippen molar-refractivity contribution in [2.45, 2.75) is 13.0 Å². The van der Waals surface area contributed by atoms with Gasteiger partial charge in [-0.15, -0.1) is 11.3 Å². The number of nitrogens with zero attached hydrogens (tertiary/aromatic N) is 4. The largest absolute Gasteiger partial charge is 0.332 e. The number of benzene rings is 1. The molecule has 2 aromatic heterocycles. The summed E-state index contributed by atoms with van der Waals surface area (Å²) >= 11 is 1.48. The van der Waals surface area contributed by atoms with E-state index in [1.807, 2.05) is 51.5 Å². The molecule has 1 aliphatic rings. The number of carbonyl (C=O) groups is 1. The van der Waals surface area contributed by atoms with Crippen LogP contribution in [0.15, 0.2) is 48.1 Å². The van der Waals surface area contributed by atoms with E-state index in [9.17, 15) is 4.79 Å². The van der Waals surface area contributed by atoms with Crippen LogP contribution in [0.4, 0.5) is 0 Å². The van der Waals surface area contributed by atoms with Crippen molar-refractivity contribution in [1.29, 1.82) is 0 Å². The zero-order chi connectivity index (χ0) is 17.2. The molecule has 4 rings (SSSR count). The highest BCUT2D eigenvalue weighted by Gasteiger charge is 2.26. The highest BCUT2D eigenvalue weighted by Crippen LogP contribution is 2.25. The van der Waals surface area contributed by atoms with Gasteiger partial charge in [0, 0.05) is 42.8 Å². The molecule has 1 aliphatic heterocycles. The lowest BCUT2D eigenvalue weighted by molar-refractivity contribution is 0.0650. The van der Waals surface area contributed by atoms with E-state index in [-0.39, 0.29) is 11.9 Å². The minimum atomic E-state index is 0.00644. The van der Waals surface area contributed by atoms with Crippen LogP contribution in [0.5, 0.6) is 0 Å². The maximum absolute atomic E-state index is 12.7. The molecule has 1 aromatic carbocycles. The molecule has 1 saturated heterocycles. The summed E-state index contributed by atoms with van der Waals surface area (Å²) in [4.78, 5) is 19.1. The van der Waals surface area contributed by atoms with Crippen LogP contribution in [-0.2, 0) is 0 Å². The lowest BCUT2D eigenvalue weighted by Gasteiger charge is -2.33. The third-order valence-corrected chi connectivity index (χ3v) is 5.23. The van der Waals surface area contributed by atoms with Crippen molar-refractivity contribution in [2.24, 2.45) is 0 Å². The maximum atomic E-state index is 12.7. The van der Waals surface area contributed by atoms with Gasteiger partial charge in [-0.2, -0.15) is 5.10 Å². The molecule has 128 valence electrons. The molecule has 0 unspecified atom stereocenters. The molecule has 0 bridgehead atoms. The van der Waals surface area contributed by atoms with E-state index in [0.717, 1.165) is 35.9 Å². The van der Waals surface area contributed by atoms with Crippen LogP contribution in [0.2, 0.25) is 0 Å². The Morgan fingerprint density at radius 3 is 2.96 bits per heavy atom. The van der Waals surface area contributed by atoms with Crippen molar-refractivity contribution in [3.8, 4) is 16.3 Å². The van der Waals surface area contributed by atoms with E-state index in [2.05, 4.69) is 22.3 Å². The van der Waals surface area contributed by atoms with Gasteiger partial charge in [-0.05, 0) is 19.1 Å². The maximum Gasteiger partial charge on any atom is 0.273 e. The Balaban J connectivity index is 1.55. The zero-order valence-electron chi connectivity index (χ0n) is 13.9. The monoisotopic (exact) mass is 353 g/mol. The number of amides is 1. The lowest BCUT2D eigenvalue weighted by atomic mass is 10.2. The van der Waals surface area contributed by atoms with Gasteiger partial charge in [0.1, 0.15) is 10.7 Å². The molecule has 1 amide bonds. The number of aromatic nitrogens is 3. The van der Waals surface area contributed by atoms with Gasteiger partial charge in [0.2, 0.25) is 0 Å². The first kappa shape index (κ1) is 16.0. The van der Waals surface area contributed by atoms with Gasteiger partial charge < -0.3 is 10.2 Å². The number of hydrogen-bond donors (Lipinski definition) is 1. The van der Waals surface area contributed by atoms with Crippen LogP contribution < -0.4 is 5.32 Å². The third-order valence-electron chi connectivity index (χ3n) is 4.34. The molecule has 0 saturated carbocycles. The highest BCUT2D eigenvalue weighted by atomic mass is 32.1. The first-order valence-electron chi connectivity index (χ1n) is 8.30. The molecule has 0 radical (unpaired) electrons. The van der Waals surface area contributed by atoms with E-state index in [0.29, 0.717) is 5.69 Å². The number of thiazole rings is 1. The molecule has 1 fully saturated rings. The molecular weight excluding hydrogens is 334 g/mol. The first-order chi connectivity index (χ1) is 12.2. The predicted octanol–water partition coefficient (Wildman–Crippen LogP) is 2.43. The van der Waals surface area contributed by atoms with E-state index < -0.39 is 0 Å². The van der Waals surface area contributed by atoms with Gasteiger partial charge in [0.15, 0.2) is 0 Å². The Morgan fingerprint density at radius 2 is 2.16 bits per heavy atom. The van der Waals surface area contributed by atoms with Crippen LogP contribution >= 0.6 is 11.3 Å². The Labute approximate surface area is 150 Å². The SMILES string of the molecule is C[C@H]1CNCCN1C(=O)c1csc(-c2cnn(-c3ccccc3)c2)n1. The Hall–Kier alpha value is -2.51. The number of para-hydroxylation sites is 1. The highest BCUT2D eigenvalue weighted by molar-refractivity contribution is 7.13. The Morgan fingerprint density at radius 1 is 1.32 bits per heavy atom. The second kappa shape index (κ2) is 6.78. The zero-order valence-corrected chi connectivity index (χ0v) is 14.7. The fraction of sp³-hybridized carbons (Fsp3) is 0.278. The van der Waals surface area contributed by atoms with E-state index in [1.165, 1.54) is 11.3 Å². The van der Waals surface area contributed by atoms with E-state index in [4.69, 9.17) is 0 Å². The molecule has 3 heterocycles. The number of nitrogens with one attached hydrogen (secondary N) is 1. The van der Waals surface area contributed by atoms with E-state index >= 15 is 0 Å². The molecule has 1 atom stereocenters. The van der Waals surface area contributed by atoms with Gasteiger partial charge in [0.25, 0.3) is 5.91 Å². The minimum absolute atomic E-state index is 0.00644. The predicted molar refractivity (Wildman–Crippen MR) is 98.0 cm³/mol. The summed E-state index contributed by atoms with van der Waals surface area (Å²) in [6, 6.07) is 10.1. The van der Waals surface area contributed by atoms with Crippen LogP contribution in [0.25, 0.3) is 16.3 Å². The summed E-state index contributed by atoms with van der Waals surface area (Å²) in [5.41, 5.74) is 2.43. The van der Waals surface area contributed by atoms with E-state index in [1.54, 1.807) is 6.20 Å². The minimum Gasteiger partial charge on any atom is -0.332 e. The van der Waals surface area contributed by atoms with Crippen molar-refractivity contribution in [1.82, 2.24) is 25.0 Å². The Bertz CT molecular complexity index is 872. The molecule has 1 N–H and O–H groups in total. The number of piperazine rings is 1. The van der Waals surface area contributed by atoms with Gasteiger partial charge in [-0.3, -0.25) is 4.79 Å². The normalized spacial score (nSPS) is 17.6.